The number of carboxylic acids is 1. The number of aromatic nitrogens is 2. The van der Waals surface area contributed by atoms with Crippen molar-refractivity contribution in [2.75, 3.05) is 6.54 Å². The average molecular weight is 291 g/mol. The van der Waals surface area contributed by atoms with E-state index in [0.29, 0.717) is 24.2 Å². The molecule has 5 heteroatoms. The molecule has 0 spiro atoms. The van der Waals surface area contributed by atoms with E-state index in [1.165, 1.54) is 38.2 Å². The van der Waals surface area contributed by atoms with Crippen molar-refractivity contribution >= 4 is 5.97 Å². The monoisotopic (exact) mass is 291 g/mol. The highest BCUT2D eigenvalue weighted by Gasteiger charge is 2.24. The van der Waals surface area contributed by atoms with Crippen molar-refractivity contribution in [1.29, 1.82) is 0 Å². The van der Waals surface area contributed by atoms with Gasteiger partial charge in [-0.05, 0) is 31.7 Å². The molecule has 21 heavy (non-hydrogen) atoms. The van der Waals surface area contributed by atoms with Crippen LogP contribution in [0.2, 0.25) is 0 Å². The third kappa shape index (κ3) is 4.49. The average Bonchev–Trinajstić information content (AvgIpc) is 2.97. The van der Waals surface area contributed by atoms with E-state index in [-0.39, 0.29) is 5.56 Å². The predicted octanol–water partition coefficient (Wildman–Crippen LogP) is 2.97. The van der Waals surface area contributed by atoms with E-state index < -0.39 is 5.97 Å². The van der Waals surface area contributed by atoms with Crippen molar-refractivity contribution in [3.05, 3.63) is 23.8 Å². The molecule has 1 saturated carbocycles. The fourth-order valence-corrected chi connectivity index (χ4v) is 2.94. The van der Waals surface area contributed by atoms with Gasteiger partial charge in [-0.25, -0.2) is 14.8 Å². The van der Waals surface area contributed by atoms with Crippen LogP contribution in [0.1, 0.15) is 62.0 Å². The second-order valence-electron chi connectivity index (χ2n) is 6.28. The first kappa shape index (κ1) is 15.9. The summed E-state index contributed by atoms with van der Waals surface area (Å²) in [5, 5.41) is 9.26. The summed E-state index contributed by atoms with van der Waals surface area (Å²) >= 11 is 0. The van der Waals surface area contributed by atoms with Gasteiger partial charge >= 0.3 is 5.97 Å². The van der Waals surface area contributed by atoms with Gasteiger partial charge in [0.1, 0.15) is 11.9 Å². The molecule has 1 fully saturated rings. The third-order valence-corrected chi connectivity index (χ3v) is 4.21. The summed E-state index contributed by atoms with van der Waals surface area (Å²) in [6, 6.07) is 0.570. The van der Waals surface area contributed by atoms with Crippen molar-refractivity contribution in [1.82, 2.24) is 14.9 Å². The Balaban J connectivity index is 2.12. The zero-order valence-corrected chi connectivity index (χ0v) is 13.0. The SMILES string of the molecule is CC(C)CCN(Cc1ncncc1C(=O)O)C1CCCC1. The molecule has 116 valence electrons. The lowest BCUT2D eigenvalue weighted by Gasteiger charge is -2.29. The fourth-order valence-electron chi connectivity index (χ4n) is 2.94. The summed E-state index contributed by atoms with van der Waals surface area (Å²) < 4.78 is 0. The molecule has 1 aliphatic carbocycles. The van der Waals surface area contributed by atoms with Crippen LogP contribution in [0.15, 0.2) is 12.5 Å². The molecule has 1 aromatic rings. The standard InChI is InChI=1S/C16H25N3O2/c1-12(2)7-8-19(13-5-3-4-6-13)10-15-14(16(20)21)9-17-11-18-15/h9,11-13H,3-8,10H2,1-2H3,(H,20,21). The van der Waals surface area contributed by atoms with Crippen LogP contribution < -0.4 is 0 Å². The van der Waals surface area contributed by atoms with Crippen LogP contribution in [0.25, 0.3) is 0 Å². The minimum atomic E-state index is -0.944. The van der Waals surface area contributed by atoms with Crippen molar-refractivity contribution in [2.24, 2.45) is 5.92 Å². The Kier molecular flexibility index (Phi) is 5.67. The molecule has 0 atom stereocenters. The van der Waals surface area contributed by atoms with E-state index in [4.69, 9.17) is 0 Å². The molecule has 2 rings (SSSR count). The van der Waals surface area contributed by atoms with Gasteiger partial charge in [-0.1, -0.05) is 26.7 Å². The first-order valence-corrected chi connectivity index (χ1v) is 7.84. The lowest BCUT2D eigenvalue weighted by molar-refractivity contribution is 0.0692. The highest BCUT2D eigenvalue weighted by atomic mass is 16.4. The largest absolute Gasteiger partial charge is 0.478 e. The Morgan fingerprint density at radius 2 is 2.14 bits per heavy atom. The van der Waals surface area contributed by atoms with Gasteiger partial charge in [0.25, 0.3) is 0 Å². The van der Waals surface area contributed by atoms with Gasteiger partial charge in [-0.2, -0.15) is 0 Å². The van der Waals surface area contributed by atoms with E-state index in [1.807, 2.05) is 0 Å². The van der Waals surface area contributed by atoms with Gasteiger partial charge in [-0.15, -0.1) is 0 Å². The van der Waals surface area contributed by atoms with Gasteiger partial charge in [0, 0.05) is 18.8 Å². The van der Waals surface area contributed by atoms with Gasteiger partial charge in [0.15, 0.2) is 0 Å². The van der Waals surface area contributed by atoms with E-state index in [0.717, 1.165) is 13.0 Å². The maximum atomic E-state index is 11.3. The van der Waals surface area contributed by atoms with Gasteiger partial charge in [0.2, 0.25) is 0 Å². The third-order valence-electron chi connectivity index (χ3n) is 4.21. The van der Waals surface area contributed by atoms with Crippen LogP contribution in [-0.4, -0.2) is 38.5 Å². The Bertz CT molecular complexity index is 470. The summed E-state index contributed by atoms with van der Waals surface area (Å²) in [5.74, 6) is -0.293. The minimum absolute atomic E-state index is 0.227. The molecule has 1 aliphatic rings. The molecule has 0 saturated heterocycles. The maximum absolute atomic E-state index is 11.3. The molecule has 0 aliphatic heterocycles. The number of aromatic carboxylic acids is 1. The second kappa shape index (κ2) is 7.50. The molecule has 5 nitrogen and oxygen atoms in total. The van der Waals surface area contributed by atoms with Crippen molar-refractivity contribution in [2.45, 2.75) is 58.5 Å². The maximum Gasteiger partial charge on any atom is 0.339 e. The highest BCUT2D eigenvalue weighted by molar-refractivity contribution is 5.88. The van der Waals surface area contributed by atoms with Gasteiger partial charge in [-0.3, -0.25) is 4.90 Å². The molecule has 0 unspecified atom stereocenters. The van der Waals surface area contributed by atoms with Gasteiger partial charge in [0.05, 0.1) is 5.69 Å². The first-order valence-electron chi connectivity index (χ1n) is 7.84. The normalized spacial score (nSPS) is 16.0. The molecule has 0 radical (unpaired) electrons. The second-order valence-corrected chi connectivity index (χ2v) is 6.28. The highest BCUT2D eigenvalue weighted by Crippen LogP contribution is 2.25. The molecule has 0 aromatic carbocycles. The Morgan fingerprint density at radius 1 is 1.43 bits per heavy atom. The van der Waals surface area contributed by atoms with Crippen molar-refractivity contribution in [3.63, 3.8) is 0 Å². The van der Waals surface area contributed by atoms with Crippen molar-refractivity contribution < 1.29 is 9.90 Å². The molecule has 0 bridgehead atoms. The summed E-state index contributed by atoms with van der Waals surface area (Å²) in [6.07, 6.45) is 8.95. The zero-order chi connectivity index (χ0) is 15.2. The summed E-state index contributed by atoms with van der Waals surface area (Å²) in [5.41, 5.74) is 0.859. The molecule has 1 N–H and O–H groups in total. The summed E-state index contributed by atoms with van der Waals surface area (Å²) in [6.45, 7) is 6.06. The van der Waals surface area contributed by atoms with Crippen LogP contribution in [0, 0.1) is 5.92 Å². The number of carboxylic acid groups (broad SMARTS) is 1. The molecular weight excluding hydrogens is 266 g/mol. The topological polar surface area (TPSA) is 66.3 Å². The minimum Gasteiger partial charge on any atom is -0.478 e. The van der Waals surface area contributed by atoms with E-state index in [1.54, 1.807) is 0 Å². The van der Waals surface area contributed by atoms with E-state index in [2.05, 4.69) is 28.7 Å². The Hall–Kier alpha value is -1.49. The number of carbonyl (C=O) groups is 1. The molecule has 1 heterocycles. The van der Waals surface area contributed by atoms with Crippen LogP contribution in [0.3, 0.4) is 0 Å². The Morgan fingerprint density at radius 3 is 2.76 bits per heavy atom. The van der Waals surface area contributed by atoms with E-state index in [9.17, 15) is 9.90 Å². The number of hydrogen-bond donors (Lipinski definition) is 1. The predicted molar refractivity (Wildman–Crippen MR) is 81.1 cm³/mol. The smallest absolute Gasteiger partial charge is 0.339 e. The number of hydrogen-bond acceptors (Lipinski definition) is 4. The van der Waals surface area contributed by atoms with Crippen LogP contribution in [0.4, 0.5) is 0 Å². The zero-order valence-electron chi connectivity index (χ0n) is 13.0. The molecule has 0 amide bonds. The molecular formula is C16H25N3O2. The van der Waals surface area contributed by atoms with Crippen LogP contribution in [-0.2, 0) is 6.54 Å². The van der Waals surface area contributed by atoms with Crippen molar-refractivity contribution in [3.8, 4) is 0 Å². The lowest BCUT2D eigenvalue weighted by atomic mass is 10.1. The first-order chi connectivity index (χ1) is 10.1. The van der Waals surface area contributed by atoms with Crippen LogP contribution >= 0.6 is 0 Å². The number of rotatable bonds is 7. The molecule has 1 aromatic heterocycles. The summed E-state index contributed by atoms with van der Waals surface area (Å²) in [7, 11) is 0. The van der Waals surface area contributed by atoms with Crippen LogP contribution in [0.5, 0.6) is 0 Å². The summed E-state index contributed by atoms with van der Waals surface area (Å²) in [4.78, 5) is 21.8. The van der Waals surface area contributed by atoms with E-state index >= 15 is 0 Å². The fraction of sp³-hybridized carbons (Fsp3) is 0.688. The van der Waals surface area contributed by atoms with Gasteiger partial charge < -0.3 is 5.11 Å². The Labute approximate surface area is 126 Å². The lowest BCUT2D eigenvalue weighted by Crippen LogP contribution is -2.35. The quantitative estimate of drug-likeness (QED) is 0.836. The number of nitrogens with zero attached hydrogens (tertiary/aromatic N) is 3.